The van der Waals surface area contributed by atoms with E-state index in [2.05, 4.69) is 42.3 Å². The van der Waals surface area contributed by atoms with Crippen LogP contribution < -0.4 is 5.32 Å². The van der Waals surface area contributed by atoms with Crippen LogP contribution in [0.3, 0.4) is 0 Å². The highest BCUT2D eigenvalue weighted by atomic mass is 15.2. The maximum absolute atomic E-state index is 4.56. The Morgan fingerprint density at radius 1 is 0.962 bits per heavy atom. The second kappa shape index (κ2) is 8.01. The summed E-state index contributed by atoms with van der Waals surface area (Å²) in [6, 6.07) is 10.5. The van der Waals surface area contributed by atoms with Gasteiger partial charge in [-0.15, -0.1) is 0 Å². The van der Waals surface area contributed by atoms with Gasteiger partial charge in [0.15, 0.2) is 0 Å². The van der Waals surface area contributed by atoms with E-state index in [0.717, 1.165) is 25.3 Å². The largest absolute Gasteiger partial charge is 0.309 e. The van der Waals surface area contributed by atoms with E-state index in [-0.39, 0.29) is 0 Å². The third-order valence-corrected chi connectivity index (χ3v) is 4.70. The molecule has 132 valence electrons. The monoisotopic (exact) mass is 346 g/mol. The van der Waals surface area contributed by atoms with Gasteiger partial charge in [0, 0.05) is 43.6 Å². The van der Waals surface area contributed by atoms with Crippen molar-refractivity contribution in [2.45, 2.75) is 31.8 Å². The van der Waals surface area contributed by atoms with Crippen molar-refractivity contribution in [3.63, 3.8) is 0 Å². The lowest BCUT2D eigenvalue weighted by atomic mass is 9.96. The Kier molecular flexibility index (Phi) is 5.12. The summed E-state index contributed by atoms with van der Waals surface area (Å²) in [5.74, 6) is 1.32. The molecule has 4 heterocycles. The molecule has 3 aromatic rings. The number of nitrogens with one attached hydrogen (secondary N) is 1. The van der Waals surface area contributed by atoms with Crippen LogP contribution in [0.15, 0.2) is 61.3 Å². The Bertz CT molecular complexity index is 807. The number of rotatable bonds is 5. The molecule has 1 fully saturated rings. The minimum absolute atomic E-state index is 0.401. The van der Waals surface area contributed by atoms with Crippen LogP contribution in [0.5, 0.6) is 0 Å². The molecule has 0 spiro atoms. The van der Waals surface area contributed by atoms with Crippen LogP contribution in [0, 0.1) is 0 Å². The molecule has 1 saturated heterocycles. The molecule has 0 bridgehead atoms. The van der Waals surface area contributed by atoms with Crippen molar-refractivity contribution >= 4 is 11.8 Å². The summed E-state index contributed by atoms with van der Waals surface area (Å²) in [7, 11) is 0. The zero-order chi connectivity index (χ0) is 17.6. The van der Waals surface area contributed by atoms with E-state index in [9.17, 15) is 0 Å². The average Bonchev–Trinajstić information content (AvgIpc) is 2.71. The maximum atomic E-state index is 4.56. The SMILES string of the molecule is c1cnc(Nc2ccc([C@@H]3CCCCN3Cc3cccnc3)cn2)nc1. The van der Waals surface area contributed by atoms with Crippen LogP contribution in [-0.2, 0) is 6.54 Å². The summed E-state index contributed by atoms with van der Waals surface area (Å²) in [4.78, 5) is 19.7. The number of pyridine rings is 2. The first-order chi connectivity index (χ1) is 12.9. The minimum atomic E-state index is 0.401. The van der Waals surface area contributed by atoms with E-state index in [4.69, 9.17) is 0 Å². The second-order valence-electron chi connectivity index (χ2n) is 6.52. The predicted octanol–water partition coefficient (Wildman–Crippen LogP) is 3.74. The van der Waals surface area contributed by atoms with Gasteiger partial charge >= 0.3 is 0 Å². The van der Waals surface area contributed by atoms with E-state index >= 15 is 0 Å². The maximum Gasteiger partial charge on any atom is 0.228 e. The van der Waals surface area contributed by atoms with Crippen molar-refractivity contribution in [3.8, 4) is 0 Å². The van der Waals surface area contributed by atoms with Gasteiger partial charge in [-0.25, -0.2) is 15.0 Å². The highest BCUT2D eigenvalue weighted by Crippen LogP contribution is 2.32. The molecule has 0 radical (unpaired) electrons. The van der Waals surface area contributed by atoms with Gasteiger partial charge in [-0.3, -0.25) is 9.88 Å². The second-order valence-corrected chi connectivity index (χ2v) is 6.52. The molecular weight excluding hydrogens is 324 g/mol. The number of nitrogens with zero attached hydrogens (tertiary/aromatic N) is 5. The zero-order valence-electron chi connectivity index (χ0n) is 14.6. The number of hydrogen-bond acceptors (Lipinski definition) is 6. The van der Waals surface area contributed by atoms with Crippen LogP contribution in [0.4, 0.5) is 11.8 Å². The fourth-order valence-electron chi connectivity index (χ4n) is 3.44. The Hall–Kier alpha value is -2.86. The van der Waals surface area contributed by atoms with E-state index in [1.807, 2.05) is 30.7 Å². The summed E-state index contributed by atoms with van der Waals surface area (Å²) in [6.45, 7) is 2.04. The highest BCUT2D eigenvalue weighted by Gasteiger charge is 2.24. The first-order valence-electron chi connectivity index (χ1n) is 9.01. The third-order valence-electron chi connectivity index (χ3n) is 4.70. The smallest absolute Gasteiger partial charge is 0.228 e. The van der Waals surface area contributed by atoms with Crippen molar-refractivity contribution in [3.05, 3.63) is 72.4 Å². The predicted molar refractivity (Wildman–Crippen MR) is 101 cm³/mol. The van der Waals surface area contributed by atoms with Crippen LogP contribution >= 0.6 is 0 Å². The van der Waals surface area contributed by atoms with Crippen molar-refractivity contribution in [1.82, 2.24) is 24.8 Å². The van der Waals surface area contributed by atoms with Gasteiger partial charge in [0.25, 0.3) is 0 Å². The van der Waals surface area contributed by atoms with Gasteiger partial charge < -0.3 is 5.32 Å². The number of aromatic nitrogens is 4. The van der Waals surface area contributed by atoms with Gasteiger partial charge in [-0.1, -0.05) is 18.6 Å². The summed E-state index contributed by atoms with van der Waals surface area (Å²) in [5.41, 5.74) is 2.51. The van der Waals surface area contributed by atoms with E-state index in [1.165, 1.54) is 24.0 Å². The molecule has 0 saturated carbocycles. The van der Waals surface area contributed by atoms with Crippen molar-refractivity contribution in [2.75, 3.05) is 11.9 Å². The van der Waals surface area contributed by atoms with Gasteiger partial charge in [0.05, 0.1) is 0 Å². The Morgan fingerprint density at radius 2 is 1.88 bits per heavy atom. The summed E-state index contributed by atoms with van der Waals surface area (Å²) < 4.78 is 0. The summed E-state index contributed by atoms with van der Waals surface area (Å²) in [6.07, 6.45) is 12.8. The number of anilines is 2. The molecule has 0 amide bonds. The molecule has 0 aliphatic carbocycles. The van der Waals surface area contributed by atoms with Crippen molar-refractivity contribution in [1.29, 1.82) is 0 Å². The van der Waals surface area contributed by atoms with Crippen LogP contribution in [0.25, 0.3) is 0 Å². The molecule has 0 unspecified atom stereocenters. The molecule has 0 aromatic carbocycles. The normalized spacial score (nSPS) is 17.8. The summed E-state index contributed by atoms with van der Waals surface area (Å²) in [5, 5.41) is 3.13. The lowest BCUT2D eigenvalue weighted by Crippen LogP contribution is -2.33. The Balaban J connectivity index is 1.47. The lowest BCUT2D eigenvalue weighted by Gasteiger charge is -2.36. The van der Waals surface area contributed by atoms with Gasteiger partial charge in [0.2, 0.25) is 5.95 Å². The Labute approximate surface area is 153 Å². The molecule has 6 heteroatoms. The van der Waals surface area contributed by atoms with Gasteiger partial charge in [-0.2, -0.15) is 0 Å². The first-order valence-corrected chi connectivity index (χ1v) is 9.01. The molecule has 3 aromatic heterocycles. The molecule has 4 rings (SSSR count). The molecule has 1 aliphatic rings. The first kappa shape index (κ1) is 16.6. The van der Waals surface area contributed by atoms with Crippen molar-refractivity contribution in [2.24, 2.45) is 0 Å². The fraction of sp³-hybridized carbons (Fsp3) is 0.300. The van der Waals surface area contributed by atoms with Crippen LogP contribution in [0.1, 0.15) is 36.4 Å². The van der Waals surface area contributed by atoms with E-state index < -0.39 is 0 Å². The van der Waals surface area contributed by atoms with Crippen molar-refractivity contribution < 1.29 is 0 Å². The van der Waals surface area contributed by atoms with Gasteiger partial charge in [-0.05, 0) is 48.7 Å². The number of likely N-dealkylation sites (tertiary alicyclic amines) is 1. The molecule has 1 N–H and O–H groups in total. The topological polar surface area (TPSA) is 66.8 Å². The van der Waals surface area contributed by atoms with E-state index in [1.54, 1.807) is 18.5 Å². The molecule has 6 nitrogen and oxygen atoms in total. The fourth-order valence-corrected chi connectivity index (χ4v) is 3.44. The highest BCUT2D eigenvalue weighted by molar-refractivity contribution is 5.47. The standard InChI is InChI=1S/C20H22N6/c1-2-12-26(15-16-5-3-9-21-13-16)18(6-1)17-7-8-19(24-14-17)25-20-22-10-4-11-23-20/h3-5,7-11,13-14,18H,1-2,6,12,15H2,(H,22,23,24,25)/t18-/m0/s1. The molecule has 1 aliphatic heterocycles. The van der Waals surface area contributed by atoms with E-state index in [0.29, 0.717) is 12.0 Å². The molecular formula is C20H22N6. The lowest BCUT2D eigenvalue weighted by molar-refractivity contribution is 0.140. The van der Waals surface area contributed by atoms with Crippen LogP contribution in [-0.4, -0.2) is 31.4 Å². The zero-order valence-corrected chi connectivity index (χ0v) is 14.6. The quantitative estimate of drug-likeness (QED) is 0.759. The number of hydrogen-bond donors (Lipinski definition) is 1. The third kappa shape index (κ3) is 4.03. The van der Waals surface area contributed by atoms with Crippen LogP contribution in [0.2, 0.25) is 0 Å². The minimum Gasteiger partial charge on any atom is -0.309 e. The molecule has 1 atom stereocenters. The average molecular weight is 346 g/mol. The Morgan fingerprint density at radius 3 is 2.65 bits per heavy atom. The summed E-state index contributed by atoms with van der Waals surface area (Å²) >= 11 is 0. The number of piperidine rings is 1. The van der Waals surface area contributed by atoms with Gasteiger partial charge in [0.1, 0.15) is 5.82 Å². The molecule has 26 heavy (non-hydrogen) atoms.